The third-order valence-electron chi connectivity index (χ3n) is 4.93. The molecule has 0 bridgehead atoms. The van der Waals surface area contributed by atoms with Gasteiger partial charge in [-0.2, -0.15) is 5.10 Å². The standard InChI is InChI=1S/C19H22N4O2/c1-11-3-4-16-13(5-11)8-17(20-16)19(25)23-9-14(18(24)10-23)7-15-6-12(2)21-22-15/h3-6,8,14,18,20,24H,7,9-10H2,1-2H3,(H,21,22)/t14-,18+/m1/s1. The molecule has 1 aliphatic heterocycles. The Morgan fingerprint density at radius 1 is 1.28 bits per heavy atom. The van der Waals surface area contributed by atoms with Crippen molar-refractivity contribution in [1.29, 1.82) is 0 Å². The molecule has 3 N–H and O–H groups in total. The van der Waals surface area contributed by atoms with E-state index < -0.39 is 6.10 Å². The minimum absolute atomic E-state index is 0.0123. The van der Waals surface area contributed by atoms with Gasteiger partial charge in [0.05, 0.1) is 11.8 Å². The predicted molar refractivity (Wildman–Crippen MR) is 95.5 cm³/mol. The number of fused-ring (bicyclic) bond motifs is 1. The summed E-state index contributed by atoms with van der Waals surface area (Å²) in [5.41, 5.74) is 4.62. The number of aliphatic hydroxyl groups is 1. The monoisotopic (exact) mass is 338 g/mol. The Kier molecular flexibility index (Phi) is 3.84. The number of aromatic amines is 2. The molecule has 0 unspecified atom stereocenters. The molecule has 1 fully saturated rings. The second-order valence-electron chi connectivity index (χ2n) is 7.06. The van der Waals surface area contributed by atoms with Gasteiger partial charge in [0.15, 0.2) is 0 Å². The summed E-state index contributed by atoms with van der Waals surface area (Å²) >= 11 is 0. The lowest BCUT2D eigenvalue weighted by Crippen LogP contribution is -2.29. The molecule has 0 spiro atoms. The molecule has 0 aliphatic carbocycles. The lowest BCUT2D eigenvalue weighted by atomic mass is 10.0. The number of hydrogen-bond donors (Lipinski definition) is 3. The molecule has 3 heterocycles. The van der Waals surface area contributed by atoms with Gasteiger partial charge in [0.2, 0.25) is 0 Å². The highest BCUT2D eigenvalue weighted by molar-refractivity contribution is 5.98. The third-order valence-corrected chi connectivity index (χ3v) is 4.93. The van der Waals surface area contributed by atoms with Gasteiger partial charge >= 0.3 is 0 Å². The molecular weight excluding hydrogens is 316 g/mol. The topological polar surface area (TPSA) is 85.0 Å². The molecule has 6 heteroatoms. The highest BCUT2D eigenvalue weighted by Crippen LogP contribution is 2.24. The van der Waals surface area contributed by atoms with Crippen LogP contribution in [-0.4, -0.2) is 50.3 Å². The maximum absolute atomic E-state index is 12.8. The van der Waals surface area contributed by atoms with Crippen LogP contribution < -0.4 is 0 Å². The molecule has 1 amide bonds. The molecule has 6 nitrogen and oxygen atoms in total. The maximum Gasteiger partial charge on any atom is 0.270 e. The van der Waals surface area contributed by atoms with Crippen LogP contribution in [0.4, 0.5) is 0 Å². The van der Waals surface area contributed by atoms with E-state index in [1.807, 2.05) is 38.1 Å². The first-order chi connectivity index (χ1) is 12.0. The first-order valence-corrected chi connectivity index (χ1v) is 8.57. The van der Waals surface area contributed by atoms with Crippen LogP contribution in [0.25, 0.3) is 10.9 Å². The van der Waals surface area contributed by atoms with Crippen molar-refractivity contribution in [2.24, 2.45) is 5.92 Å². The minimum Gasteiger partial charge on any atom is -0.391 e. The summed E-state index contributed by atoms with van der Waals surface area (Å²) in [6.07, 6.45) is 0.147. The van der Waals surface area contributed by atoms with Crippen LogP contribution in [0, 0.1) is 19.8 Å². The highest BCUT2D eigenvalue weighted by Gasteiger charge is 2.35. The van der Waals surface area contributed by atoms with E-state index in [-0.39, 0.29) is 11.8 Å². The van der Waals surface area contributed by atoms with Crippen molar-refractivity contribution < 1.29 is 9.90 Å². The number of aliphatic hydroxyl groups excluding tert-OH is 1. The number of β-amino-alcohol motifs (C(OH)–C–C–N with tert-alkyl or cyclic N) is 1. The fourth-order valence-electron chi connectivity index (χ4n) is 3.61. The first kappa shape index (κ1) is 15.9. The summed E-state index contributed by atoms with van der Waals surface area (Å²) < 4.78 is 0. The van der Waals surface area contributed by atoms with Gasteiger partial charge in [-0.15, -0.1) is 0 Å². The molecule has 2 aromatic heterocycles. The Labute approximate surface area is 145 Å². The van der Waals surface area contributed by atoms with Gasteiger partial charge in [0.25, 0.3) is 5.91 Å². The van der Waals surface area contributed by atoms with E-state index in [4.69, 9.17) is 0 Å². The highest BCUT2D eigenvalue weighted by atomic mass is 16.3. The van der Waals surface area contributed by atoms with Crippen LogP contribution in [0.5, 0.6) is 0 Å². The zero-order chi connectivity index (χ0) is 17.6. The van der Waals surface area contributed by atoms with Crippen LogP contribution in [-0.2, 0) is 6.42 Å². The zero-order valence-corrected chi connectivity index (χ0v) is 14.4. The molecular formula is C19H22N4O2. The number of H-pyrrole nitrogens is 2. The van der Waals surface area contributed by atoms with E-state index in [1.54, 1.807) is 4.90 Å². The number of aryl methyl sites for hydroxylation is 2. The number of carbonyl (C=O) groups is 1. The van der Waals surface area contributed by atoms with Crippen molar-refractivity contribution in [1.82, 2.24) is 20.1 Å². The number of aromatic nitrogens is 3. The fourth-order valence-corrected chi connectivity index (χ4v) is 3.61. The molecule has 0 saturated carbocycles. The van der Waals surface area contributed by atoms with Crippen molar-refractivity contribution in [2.45, 2.75) is 26.4 Å². The Morgan fingerprint density at radius 2 is 2.12 bits per heavy atom. The van der Waals surface area contributed by atoms with E-state index >= 15 is 0 Å². The second-order valence-corrected chi connectivity index (χ2v) is 7.06. The molecule has 2 atom stereocenters. The zero-order valence-electron chi connectivity index (χ0n) is 14.4. The third kappa shape index (κ3) is 3.05. The number of rotatable bonds is 3. The van der Waals surface area contributed by atoms with Gasteiger partial charge in [-0.1, -0.05) is 11.6 Å². The van der Waals surface area contributed by atoms with E-state index in [2.05, 4.69) is 21.2 Å². The van der Waals surface area contributed by atoms with Gasteiger partial charge in [-0.3, -0.25) is 9.89 Å². The normalized spacial score (nSPS) is 20.5. The summed E-state index contributed by atoms with van der Waals surface area (Å²) in [6, 6.07) is 9.94. The number of nitrogens with zero attached hydrogens (tertiary/aromatic N) is 2. The van der Waals surface area contributed by atoms with Gasteiger partial charge in [0.1, 0.15) is 5.69 Å². The van der Waals surface area contributed by atoms with Crippen molar-refractivity contribution in [3.05, 3.63) is 53.0 Å². The van der Waals surface area contributed by atoms with Gasteiger partial charge < -0.3 is 15.0 Å². The molecule has 4 rings (SSSR count). The number of likely N-dealkylation sites (tertiary alicyclic amines) is 1. The van der Waals surface area contributed by atoms with Crippen LogP contribution in [0.15, 0.2) is 30.3 Å². The minimum atomic E-state index is -0.521. The van der Waals surface area contributed by atoms with Gasteiger partial charge in [0, 0.05) is 35.6 Å². The molecule has 1 aromatic carbocycles. The first-order valence-electron chi connectivity index (χ1n) is 8.57. The predicted octanol–water partition coefficient (Wildman–Crippen LogP) is 2.18. The van der Waals surface area contributed by atoms with E-state index in [0.29, 0.717) is 25.2 Å². The molecule has 1 saturated heterocycles. The van der Waals surface area contributed by atoms with Crippen LogP contribution in [0.1, 0.15) is 27.4 Å². The lowest BCUT2D eigenvalue weighted by molar-refractivity contribution is 0.0760. The average Bonchev–Trinajstić information content (AvgIpc) is 3.26. The number of hydrogen-bond acceptors (Lipinski definition) is 3. The fraction of sp³-hybridized carbons (Fsp3) is 0.368. The smallest absolute Gasteiger partial charge is 0.270 e. The molecule has 0 radical (unpaired) electrons. The lowest BCUT2D eigenvalue weighted by Gasteiger charge is -2.14. The summed E-state index contributed by atoms with van der Waals surface area (Å²) in [6.45, 7) is 4.89. The largest absolute Gasteiger partial charge is 0.391 e. The average molecular weight is 338 g/mol. The van der Waals surface area contributed by atoms with Crippen LogP contribution in [0.2, 0.25) is 0 Å². The van der Waals surface area contributed by atoms with E-state index in [0.717, 1.165) is 27.9 Å². The van der Waals surface area contributed by atoms with E-state index in [1.165, 1.54) is 0 Å². The number of benzene rings is 1. The number of nitrogens with one attached hydrogen (secondary N) is 2. The maximum atomic E-state index is 12.8. The quantitative estimate of drug-likeness (QED) is 0.684. The van der Waals surface area contributed by atoms with Crippen LogP contribution in [0.3, 0.4) is 0 Å². The van der Waals surface area contributed by atoms with Crippen molar-refractivity contribution in [3.63, 3.8) is 0 Å². The van der Waals surface area contributed by atoms with Crippen LogP contribution >= 0.6 is 0 Å². The second kappa shape index (κ2) is 6.04. The molecule has 1 aliphatic rings. The van der Waals surface area contributed by atoms with Crippen molar-refractivity contribution in [3.8, 4) is 0 Å². The summed E-state index contributed by atoms with van der Waals surface area (Å²) in [7, 11) is 0. The Balaban J connectivity index is 1.50. The Morgan fingerprint density at radius 3 is 2.88 bits per heavy atom. The summed E-state index contributed by atoms with van der Waals surface area (Å²) in [5, 5.41) is 18.5. The van der Waals surface area contributed by atoms with E-state index in [9.17, 15) is 9.90 Å². The Bertz CT molecular complexity index is 927. The summed E-state index contributed by atoms with van der Waals surface area (Å²) in [5.74, 6) is -0.0492. The number of carbonyl (C=O) groups excluding carboxylic acids is 1. The summed E-state index contributed by atoms with van der Waals surface area (Å²) in [4.78, 5) is 17.7. The van der Waals surface area contributed by atoms with Crippen molar-refractivity contribution in [2.75, 3.05) is 13.1 Å². The van der Waals surface area contributed by atoms with Crippen molar-refractivity contribution >= 4 is 16.8 Å². The molecule has 25 heavy (non-hydrogen) atoms. The SMILES string of the molecule is Cc1ccc2[nH]c(C(=O)N3C[C@@H](Cc4cc(C)[nH]n4)[C@@H](O)C3)cc2c1. The molecule has 130 valence electrons. The van der Waals surface area contributed by atoms with Gasteiger partial charge in [-0.05, 0) is 44.5 Å². The van der Waals surface area contributed by atoms with Gasteiger partial charge in [-0.25, -0.2) is 0 Å². The molecule has 3 aromatic rings. The Hall–Kier alpha value is -2.60. The number of amides is 1.